The van der Waals surface area contributed by atoms with E-state index >= 15 is 0 Å². The van der Waals surface area contributed by atoms with Gasteiger partial charge in [-0.1, -0.05) is 42.5 Å². The molecule has 0 spiro atoms. The van der Waals surface area contributed by atoms with Gasteiger partial charge in [-0.15, -0.1) is 0 Å². The predicted octanol–water partition coefficient (Wildman–Crippen LogP) is 5.53. The fraction of sp³-hybridized carbons (Fsp3) is 0.250. The molecule has 1 heterocycles. The highest BCUT2D eigenvalue weighted by atomic mass is 16.5. The molecule has 4 rings (SSSR count). The van der Waals surface area contributed by atoms with Gasteiger partial charge in [-0.2, -0.15) is 0 Å². The van der Waals surface area contributed by atoms with E-state index in [-0.39, 0.29) is 0 Å². The number of hydrogen-bond acceptors (Lipinski definition) is 3. The monoisotopic (exact) mass is 359 g/mol. The molecule has 3 aromatic carbocycles. The van der Waals surface area contributed by atoms with Crippen LogP contribution in [-0.4, -0.2) is 31.6 Å². The van der Waals surface area contributed by atoms with Gasteiger partial charge in [0.2, 0.25) is 0 Å². The number of benzene rings is 3. The highest BCUT2D eigenvalue weighted by Gasteiger charge is 2.07. The van der Waals surface area contributed by atoms with Gasteiger partial charge >= 0.3 is 0 Å². The maximum Gasteiger partial charge on any atom is 0.135 e. The molecule has 4 aromatic rings. The molecular weight excluding hydrogens is 334 g/mol. The molecule has 0 saturated heterocycles. The van der Waals surface area contributed by atoms with Crippen molar-refractivity contribution in [3.05, 3.63) is 78.4 Å². The molecule has 0 amide bonds. The van der Waals surface area contributed by atoms with Gasteiger partial charge in [0, 0.05) is 23.9 Å². The summed E-state index contributed by atoms with van der Waals surface area (Å²) < 4.78 is 11.7. The zero-order valence-corrected chi connectivity index (χ0v) is 15.7. The van der Waals surface area contributed by atoms with Crippen LogP contribution in [0.25, 0.3) is 21.9 Å². The van der Waals surface area contributed by atoms with E-state index in [9.17, 15) is 0 Å². The lowest BCUT2D eigenvalue weighted by Gasteiger charge is -2.16. The van der Waals surface area contributed by atoms with E-state index in [1.54, 1.807) is 0 Å². The van der Waals surface area contributed by atoms with Crippen molar-refractivity contribution in [2.75, 3.05) is 26.7 Å². The summed E-state index contributed by atoms with van der Waals surface area (Å²) in [6.45, 7) is 2.82. The van der Waals surface area contributed by atoms with Crippen molar-refractivity contribution in [3.8, 4) is 5.75 Å². The largest absolute Gasteiger partial charge is 0.494 e. The van der Waals surface area contributed by atoms with E-state index < -0.39 is 0 Å². The lowest BCUT2D eigenvalue weighted by Crippen LogP contribution is -2.23. The Morgan fingerprint density at radius 3 is 2.48 bits per heavy atom. The molecule has 0 aliphatic heterocycles. The van der Waals surface area contributed by atoms with E-state index in [2.05, 4.69) is 42.3 Å². The molecule has 138 valence electrons. The first-order chi connectivity index (χ1) is 13.3. The van der Waals surface area contributed by atoms with Crippen LogP contribution in [0.3, 0.4) is 0 Å². The summed E-state index contributed by atoms with van der Waals surface area (Å²) in [6.07, 6.45) is 2.06. The summed E-state index contributed by atoms with van der Waals surface area (Å²) in [6, 6.07) is 24.8. The molecule has 3 heteroatoms. The number of likely N-dealkylation sites (N-methyl/N-ethyl adjacent to an activating group) is 1. The summed E-state index contributed by atoms with van der Waals surface area (Å²) in [4.78, 5) is 2.37. The van der Waals surface area contributed by atoms with Gasteiger partial charge in [-0.25, -0.2) is 0 Å². The first-order valence-electron chi connectivity index (χ1n) is 9.56. The van der Waals surface area contributed by atoms with E-state index in [1.165, 1.54) is 16.3 Å². The van der Waals surface area contributed by atoms with Gasteiger partial charge < -0.3 is 14.1 Å². The minimum atomic E-state index is 0.751. The van der Waals surface area contributed by atoms with Crippen LogP contribution in [0.2, 0.25) is 0 Å². The molecule has 0 bridgehead atoms. The van der Waals surface area contributed by atoms with E-state index in [0.29, 0.717) is 0 Å². The molecule has 0 saturated carbocycles. The Balaban J connectivity index is 1.28. The summed E-state index contributed by atoms with van der Waals surface area (Å²) in [5.74, 6) is 0.945. The fourth-order valence-corrected chi connectivity index (χ4v) is 3.40. The van der Waals surface area contributed by atoms with Gasteiger partial charge in [0.05, 0.1) is 6.61 Å². The Morgan fingerprint density at radius 1 is 0.815 bits per heavy atom. The molecule has 3 nitrogen and oxygen atoms in total. The van der Waals surface area contributed by atoms with Gasteiger partial charge in [-0.3, -0.25) is 0 Å². The Bertz CT molecular complexity index is 1010. The smallest absolute Gasteiger partial charge is 0.135 e. The lowest BCUT2D eigenvalue weighted by atomic mass is 10.1. The number of para-hydroxylation sites is 2. The number of rotatable bonds is 8. The molecule has 0 N–H and O–H groups in total. The van der Waals surface area contributed by atoms with Crippen molar-refractivity contribution in [1.82, 2.24) is 4.90 Å². The highest BCUT2D eigenvalue weighted by Crippen LogP contribution is 2.29. The number of fused-ring (bicyclic) bond motifs is 3. The standard InChI is InChI=1S/C24H25NO2/c1-25(15-7-17-26-20-8-3-2-4-9-20)16-14-19-12-13-24-22(18-19)21-10-5-6-11-23(21)27-24/h2-6,8-13,18H,7,14-17H2,1H3. The van der Waals surface area contributed by atoms with Crippen molar-refractivity contribution < 1.29 is 9.15 Å². The van der Waals surface area contributed by atoms with Crippen molar-refractivity contribution in [1.29, 1.82) is 0 Å². The van der Waals surface area contributed by atoms with E-state index in [0.717, 1.165) is 49.5 Å². The Hall–Kier alpha value is -2.78. The van der Waals surface area contributed by atoms with Crippen LogP contribution in [0.15, 0.2) is 77.2 Å². The predicted molar refractivity (Wildman–Crippen MR) is 111 cm³/mol. The van der Waals surface area contributed by atoms with Gasteiger partial charge in [-0.05, 0) is 55.8 Å². The quantitative estimate of drug-likeness (QED) is 0.387. The van der Waals surface area contributed by atoms with Crippen molar-refractivity contribution in [2.24, 2.45) is 0 Å². The summed E-state index contributed by atoms with van der Waals surface area (Å²) >= 11 is 0. The van der Waals surface area contributed by atoms with Crippen LogP contribution in [0.1, 0.15) is 12.0 Å². The second-order valence-corrected chi connectivity index (χ2v) is 7.00. The first-order valence-corrected chi connectivity index (χ1v) is 9.56. The third-order valence-corrected chi connectivity index (χ3v) is 4.92. The van der Waals surface area contributed by atoms with Crippen molar-refractivity contribution in [2.45, 2.75) is 12.8 Å². The summed E-state index contributed by atoms with van der Waals surface area (Å²) in [5.41, 5.74) is 3.27. The number of furan rings is 1. The molecule has 0 unspecified atom stereocenters. The maximum absolute atomic E-state index is 5.91. The van der Waals surface area contributed by atoms with Crippen molar-refractivity contribution >= 4 is 21.9 Å². The molecule has 0 aliphatic carbocycles. The molecule has 0 radical (unpaired) electrons. The second kappa shape index (κ2) is 8.28. The van der Waals surface area contributed by atoms with Gasteiger partial charge in [0.1, 0.15) is 16.9 Å². The zero-order chi connectivity index (χ0) is 18.5. The van der Waals surface area contributed by atoms with Crippen LogP contribution >= 0.6 is 0 Å². The average Bonchev–Trinajstić information content (AvgIpc) is 3.08. The van der Waals surface area contributed by atoms with Gasteiger partial charge in [0.25, 0.3) is 0 Å². The first kappa shape index (κ1) is 17.6. The minimum Gasteiger partial charge on any atom is -0.494 e. The third kappa shape index (κ3) is 4.32. The fourth-order valence-electron chi connectivity index (χ4n) is 3.40. The lowest BCUT2D eigenvalue weighted by molar-refractivity contribution is 0.264. The van der Waals surface area contributed by atoms with E-state index in [4.69, 9.17) is 9.15 Å². The van der Waals surface area contributed by atoms with Crippen LogP contribution in [0, 0.1) is 0 Å². The zero-order valence-electron chi connectivity index (χ0n) is 15.7. The van der Waals surface area contributed by atoms with Crippen LogP contribution < -0.4 is 4.74 Å². The average molecular weight is 359 g/mol. The highest BCUT2D eigenvalue weighted by molar-refractivity contribution is 6.04. The second-order valence-electron chi connectivity index (χ2n) is 7.00. The molecule has 1 aromatic heterocycles. The Morgan fingerprint density at radius 2 is 1.59 bits per heavy atom. The normalized spacial score (nSPS) is 11.5. The molecule has 0 atom stereocenters. The Labute approximate surface area is 160 Å². The van der Waals surface area contributed by atoms with Crippen LogP contribution in [0.4, 0.5) is 0 Å². The maximum atomic E-state index is 5.91. The molecular formula is C24H25NO2. The number of ether oxygens (including phenoxy) is 1. The SMILES string of the molecule is CN(CCCOc1ccccc1)CCc1ccc2oc3ccccc3c2c1. The van der Waals surface area contributed by atoms with Crippen LogP contribution in [-0.2, 0) is 6.42 Å². The van der Waals surface area contributed by atoms with Crippen molar-refractivity contribution in [3.63, 3.8) is 0 Å². The van der Waals surface area contributed by atoms with Gasteiger partial charge in [0.15, 0.2) is 0 Å². The summed E-state index contributed by atoms with van der Waals surface area (Å²) in [7, 11) is 2.17. The molecule has 27 heavy (non-hydrogen) atoms. The number of hydrogen-bond donors (Lipinski definition) is 0. The minimum absolute atomic E-state index is 0.751. The molecule has 0 aliphatic rings. The topological polar surface area (TPSA) is 25.6 Å². The molecule has 0 fully saturated rings. The number of nitrogens with zero attached hydrogens (tertiary/aromatic N) is 1. The van der Waals surface area contributed by atoms with E-state index in [1.807, 2.05) is 42.5 Å². The summed E-state index contributed by atoms with van der Waals surface area (Å²) in [5, 5.41) is 2.41. The Kier molecular flexibility index (Phi) is 5.40. The third-order valence-electron chi connectivity index (χ3n) is 4.92. The van der Waals surface area contributed by atoms with Crippen LogP contribution in [0.5, 0.6) is 5.75 Å².